The fraction of sp³-hybridized carbons (Fsp3) is 0.250. The SMILES string of the molecule is FC(F)(F)c1cccc(-n2nc(-c3ccccc3I)c3c2NCCCC3)c1. The highest BCUT2D eigenvalue weighted by molar-refractivity contribution is 14.1. The quantitative estimate of drug-likeness (QED) is 0.460. The van der Waals surface area contributed by atoms with Crippen LogP contribution in [0.3, 0.4) is 0 Å². The Morgan fingerprint density at radius 3 is 2.63 bits per heavy atom. The number of hydrogen-bond donors (Lipinski definition) is 1. The van der Waals surface area contributed by atoms with Crippen molar-refractivity contribution in [2.24, 2.45) is 0 Å². The van der Waals surface area contributed by atoms with Crippen molar-refractivity contribution in [2.75, 3.05) is 11.9 Å². The van der Waals surface area contributed by atoms with E-state index in [0.717, 1.165) is 64.1 Å². The largest absolute Gasteiger partial charge is 0.416 e. The van der Waals surface area contributed by atoms with Crippen molar-refractivity contribution in [3.05, 3.63) is 63.2 Å². The molecule has 1 aliphatic rings. The van der Waals surface area contributed by atoms with Crippen LogP contribution in [-0.4, -0.2) is 16.3 Å². The number of rotatable bonds is 2. The smallest absolute Gasteiger partial charge is 0.370 e. The Morgan fingerprint density at radius 1 is 1.04 bits per heavy atom. The van der Waals surface area contributed by atoms with Gasteiger partial charge >= 0.3 is 6.18 Å². The number of fused-ring (bicyclic) bond motifs is 1. The monoisotopic (exact) mass is 483 g/mol. The van der Waals surface area contributed by atoms with E-state index in [1.54, 1.807) is 10.7 Å². The van der Waals surface area contributed by atoms with E-state index in [1.165, 1.54) is 6.07 Å². The summed E-state index contributed by atoms with van der Waals surface area (Å²) in [5.74, 6) is 0.793. The molecule has 0 bridgehead atoms. The minimum Gasteiger partial charge on any atom is -0.370 e. The second kappa shape index (κ2) is 7.18. The van der Waals surface area contributed by atoms with Gasteiger partial charge in [-0.05, 0) is 66.1 Å². The maximum Gasteiger partial charge on any atom is 0.416 e. The molecule has 0 saturated heterocycles. The Balaban J connectivity index is 1.91. The fourth-order valence-corrected chi connectivity index (χ4v) is 4.02. The van der Waals surface area contributed by atoms with E-state index in [4.69, 9.17) is 5.10 Å². The number of nitrogens with one attached hydrogen (secondary N) is 1. The number of hydrogen-bond acceptors (Lipinski definition) is 2. The Bertz CT molecular complexity index is 979. The molecule has 4 rings (SSSR count). The summed E-state index contributed by atoms with van der Waals surface area (Å²) in [6, 6.07) is 13.3. The maximum absolute atomic E-state index is 13.2. The van der Waals surface area contributed by atoms with E-state index in [0.29, 0.717) is 5.69 Å². The molecule has 1 aliphatic heterocycles. The van der Waals surface area contributed by atoms with Gasteiger partial charge in [-0.25, -0.2) is 4.68 Å². The maximum atomic E-state index is 13.2. The minimum atomic E-state index is -4.38. The van der Waals surface area contributed by atoms with Crippen molar-refractivity contribution in [3.8, 4) is 16.9 Å². The molecule has 3 nitrogen and oxygen atoms in total. The summed E-state index contributed by atoms with van der Waals surface area (Å²) in [7, 11) is 0. The summed E-state index contributed by atoms with van der Waals surface area (Å²) < 4.78 is 42.2. The number of nitrogens with zero attached hydrogens (tertiary/aromatic N) is 2. The van der Waals surface area contributed by atoms with Crippen LogP contribution >= 0.6 is 22.6 Å². The third-order valence-electron chi connectivity index (χ3n) is 4.68. The summed E-state index contributed by atoms with van der Waals surface area (Å²) in [5, 5.41) is 8.12. The summed E-state index contributed by atoms with van der Waals surface area (Å²) in [5.41, 5.74) is 2.64. The summed E-state index contributed by atoms with van der Waals surface area (Å²) >= 11 is 2.27. The van der Waals surface area contributed by atoms with Crippen LogP contribution in [0.15, 0.2) is 48.5 Å². The van der Waals surface area contributed by atoms with Crippen molar-refractivity contribution in [1.29, 1.82) is 0 Å². The zero-order valence-electron chi connectivity index (χ0n) is 14.4. The van der Waals surface area contributed by atoms with Gasteiger partial charge in [-0.3, -0.25) is 0 Å². The molecule has 27 heavy (non-hydrogen) atoms. The molecule has 0 spiro atoms. The number of halogens is 4. The highest BCUT2D eigenvalue weighted by Crippen LogP contribution is 2.37. The lowest BCUT2D eigenvalue weighted by molar-refractivity contribution is -0.137. The van der Waals surface area contributed by atoms with Crippen molar-refractivity contribution in [3.63, 3.8) is 0 Å². The topological polar surface area (TPSA) is 29.9 Å². The molecule has 7 heteroatoms. The van der Waals surface area contributed by atoms with Gasteiger partial charge in [0.25, 0.3) is 0 Å². The number of aromatic nitrogens is 2. The zero-order valence-corrected chi connectivity index (χ0v) is 16.5. The minimum absolute atomic E-state index is 0.410. The Morgan fingerprint density at radius 2 is 1.85 bits per heavy atom. The molecular weight excluding hydrogens is 466 g/mol. The van der Waals surface area contributed by atoms with Crippen molar-refractivity contribution >= 4 is 28.4 Å². The van der Waals surface area contributed by atoms with E-state index in [9.17, 15) is 13.2 Å². The molecular formula is C20H17F3IN3. The molecule has 0 fully saturated rings. The average molecular weight is 483 g/mol. The molecule has 0 aliphatic carbocycles. The molecule has 0 saturated carbocycles. The lowest BCUT2D eigenvalue weighted by Gasteiger charge is -2.12. The summed E-state index contributed by atoms with van der Waals surface area (Å²) in [4.78, 5) is 0. The molecule has 3 aromatic rings. The molecule has 0 atom stereocenters. The first-order chi connectivity index (χ1) is 12.9. The van der Waals surface area contributed by atoms with Gasteiger partial charge < -0.3 is 5.32 Å². The van der Waals surface area contributed by atoms with Crippen LogP contribution < -0.4 is 5.32 Å². The van der Waals surface area contributed by atoms with E-state index in [2.05, 4.69) is 27.9 Å². The molecule has 0 amide bonds. The molecule has 1 N–H and O–H groups in total. The number of benzene rings is 2. The molecule has 2 aromatic carbocycles. The fourth-order valence-electron chi connectivity index (χ4n) is 3.37. The lowest BCUT2D eigenvalue weighted by Crippen LogP contribution is -2.09. The van der Waals surface area contributed by atoms with Crippen LogP contribution in [0.1, 0.15) is 24.0 Å². The third-order valence-corrected chi connectivity index (χ3v) is 5.62. The molecule has 1 aromatic heterocycles. The lowest BCUT2D eigenvalue weighted by atomic mass is 10.0. The summed E-state index contributed by atoms with van der Waals surface area (Å²) in [6.45, 7) is 0.781. The van der Waals surface area contributed by atoms with Crippen LogP contribution in [-0.2, 0) is 12.6 Å². The zero-order chi connectivity index (χ0) is 19.0. The second-order valence-corrected chi connectivity index (χ2v) is 7.66. The van der Waals surface area contributed by atoms with Gasteiger partial charge in [0.2, 0.25) is 0 Å². The summed E-state index contributed by atoms with van der Waals surface area (Å²) in [6.07, 6.45) is -1.50. The second-order valence-electron chi connectivity index (χ2n) is 6.50. The molecule has 140 valence electrons. The van der Waals surface area contributed by atoms with Gasteiger partial charge in [-0.1, -0.05) is 24.3 Å². The van der Waals surface area contributed by atoms with Gasteiger partial charge in [0.15, 0.2) is 0 Å². The van der Waals surface area contributed by atoms with Gasteiger partial charge in [-0.15, -0.1) is 0 Å². The number of anilines is 1. The normalized spacial score (nSPS) is 14.4. The first kappa shape index (κ1) is 18.3. The Hall–Kier alpha value is -2.03. The van der Waals surface area contributed by atoms with Crippen LogP contribution in [0, 0.1) is 3.57 Å². The van der Waals surface area contributed by atoms with E-state index in [1.807, 2.05) is 24.3 Å². The molecule has 2 heterocycles. The van der Waals surface area contributed by atoms with E-state index in [-0.39, 0.29) is 0 Å². The van der Waals surface area contributed by atoms with Crippen LogP contribution in [0.5, 0.6) is 0 Å². The predicted molar refractivity (Wildman–Crippen MR) is 108 cm³/mol. The highest BCUT2D eigenvalue weighted by Gasteiger charge is 2.31. The van der Waals surface area contributed by atoms with Crippen LogP contribution in [0.4, 0.5) is 19.0 Å². The predicted octanol–water partition coefficient (Wildman–Crippen LogP) is 5.91. The Labute approximate surface area is 168 Å². The average Bonchev–Trinajstić information content (AvgIpc) is 2.83. The van der Waals surface area contributed by atoms with Crippen molar-refractivity contribution in [1.82, 2.24) is 9.78 Å². The van der Waals surface area contributed by atoms with Gasteiger partial charge in [0.1, 0.15) is 5.82 Å². The van der Waals surface area contributed by atoms with Gasteiger partial charge in [-0.2, -0.15) is 18.3 Å². The Kier molecular flexibility index (Phi) is 4.88. The first-order valence-electron chi connectivity index (χ1n) is 8.73. The van der Waals surface area contributed by atoms with Crippen LogP contribution in [0.25, 0.3) is 16.9 Å². The van der Waals surface area contributed by atoms with E-state index >= 15 is 0 Å². The highest BCUT2D eigenvalue weighted by atomic mass is 127. The van der Waals surface area contributed by atoms with E-state index < -0.39 is 11.7 Å². The van der Waals surface area contributed by atoms with Crippen molar-refractivity contribution < 1.29 is 13.2 Å². The number of alkyl halides is 3. The van der Waals surface area contributed by atoms with Gasteiger partial charge in [0.05, 0.1) is 16.9 Å². The first-order valence-corrected chi connectivity index (χ1v) is 9.81. The molecule has 0 unspecified atom stereocenters. The van der Waals surface area contributed by atoms with Gasteiger partial charge in [0, 0.05) is 21.2 Å². The van der Waals surface area contributed by atoms with Crippen LogP contribution in [0.2, 0.25) is 0 Å². The third kappa shape index (κ3) is 3.56. The standard InChI is InChI=1S/C20H17F3IN3/c21-20(22,23)13-6-5-7-14(12-13)27-19-16(9-3-4-11-25-19)18(26-27)15-8-1-2-10-17(15)24/h1-2,5-8,10,12,25H,3-4,9,11H2. The molecule has 0 radical (unpaired) electrons. The van der Waals surface area contributed by atoms with Crippen molar-refractivity contribution in [2.45, 2.75) is 25.4 Å².